The van der Waals surface area contributed by atoms with E-state index in [1.54, 1.807) is 37.4 Å². The molecule has 1 N–H and O–H groups in total. The smallest absolute Gasteiger partial charge is 0.337 e. The van der Waals surface area contributed by atoms with Gasteiger partial charge < -0.3 is 9.47 Å². The van der Waals surface area contributed by atoms with Crippen LogP contribution in [0, 0.1) is 0 Å². The summed E-state index contributed by atoms with van der Waals surface area (Å²) in [6, 6.07) is 17.5. The summed E-state index contributed by atoms with van der Waals surface area (Å²) in [5.41, 5.74) is 3.49. The number of fused-ring (bicyclic) bond motifs is 1. The van der Waals surface area contributed by atoms with Crippen LogP contribution in [-0.4, -0.2) is 34.8 Å². The first-order chi connectivity index (χ1) is 13.6. The molecule has 0 atom stereocenters. The molecule has 0 spiro atoms. The molecule has 0 radical (unpaired) electrons. The maximum atomic E-state index is 12.6. The average Bonchev–Trinajstić information content (AvgIpc) is 3.18. The van der Waals surface area contributed by atoms with Gasteiger partial charge in [0.2, 0.25) is 0 Å². The van der Waals surface area contributed by atoms with Crippen LogP contribution in [0.15, 0.2) is 65.5 Å². The number of ether oxygens (including phenoxy) is 2. The standard InChI is InChI=1S/C21H17N3O4/c1-27-18-6-4-3-5-15(18)17-11-19-22-16(12-20(25)24(19)23-17)13-7-9-14(10-8-13)21(26)28-2/h3-12,23H,1-2H3. The predicted octanol–water partition coefficient (Wildman–Crippen LogP) is 3.15. The van der Waals surface area contributed by atoms with Gasteiger partial charge >= 0.3 is 5.97 Å². The van der Waals surface area contributed by atoms with Crippen molar-refractivity contribution >= 4 is 11.6 Å². The number of benzene rings is 2. The highest BCUT2D eigenvalue weighted by Crippen LogP contribution is 2.29. The lowest BCUT2D eigenvalue weighted by Gasteiger charge is -2.05. The Labute approximate surface area is 160 Å². The number of hydrogen-bond donors (Lipinski definition) is 1. The van der Waals surface area contributed by atoms with Gasteiger partial charge in [0.25, 0.3) is 5.56 Å². The number of methoxy groups -OCH3 is 2. The highest BCUT2D eigenvalue weighted by atomic mass is 16.5. The van der Waals surface area contributed by atoms with E-state index in [0.717, 1.165) is 16.8 Å². The van der Waals surface area contributed by atoms with Crippen molar-refractivity contribution in [2.45, 2.75) is 0 Å². The molecule has 0 aliphatic heterocycles. The molecule has 0 saturated heterocycles. The van der Waals surface area contributed by atoms with Crippen LogP contribution >= 0.6 is 0 Å². The number of carbonyl (C=O) groups is 1. The fourth-order valence-electron chi connectivity index (χ4n) is 3.04. The number of aromatic amines is 1. The zero-order valence-electron chi connectivity index (χ0n) is 15.3. The Hall–Kier alpha value is -3.87. The Morgan fingerprint density at radius 2 is 1.79 bits per heavy atom. The van der Waals surface area contributed by atoms with E-state index in [0.29, 0.717) is 22.7 Å². The van der Waals surface area contributed by atoms with Gasteiger partial charge in [0.15, 0.2) is 5.65 Å². The third-order valence-electron chi connectivity index (χ3n) is 4.45. The number of nitrogens with zero attached hydrogens (tertiary/aromatic N) is 2. The van der Waals surface area contributed by atoms with Gasteiger partial charge in [-0.25, -0.2) is 14.3 Å². The van der Waals surface area contributed by atoms with Crippen LogP contribution in [0.1, 0.15) is 10.4 Å². The van der Waals surface area contributed by atoms with Gasteiger partial charge in [0.1, 0.15) is 5.75 Å². The van der Waals surface area contributed by atoms with E-state index in [4.69, 9.17) is 9.47 Å². The van der Waals surface area contributed by atoms with Gasteiger partial charge in [0, 0.05) is 23.3 Å². The molecule has 7 nitrogen and oxygen atoms in total. The second-order valence-corrected chi connectivity index (χ2v) is 6.11. The van der Waals surface area contributed by atoms with Crippen LogP contribution < -0.4 is 10.3 Å². The van der Waals surface area contributed by atoms with Crippen LogP contribution in [0.2, 0.25) is 0 Å². The highest BCUT2D eigenvalue weighted by molar-refractivity contribution is 5.89. The summed E-state index contributed by atoms with van der Waals surface area (Å²) in [4.78, 5) is 28.7. The summed E-state index contributed by atoms with van der Waals surface area (Å²) < 4.78 is 11.5. The molecule has 0 amide bonds. The van der Waals surface area contributed by atoms with Gasteiger partial charge in [-0.1, -0.05) is 24.3 Å². The Kier molecular flexibility index (Phi) is 4.41. The molecule has 0 aliphatic carbocycles. The molecule has 140 valence electrons. The fourth-order valence-corrected chi connectivity index (χ4v) is 3.04. The predicted molar refractivity (Wildman–Crippen MR) is 105 cm³/mol. The molecule has 2 aromatic carbocycles. The second kappa shape index (κ2) is 7.03. The fraction of sp³-hybridized carbons (Fsp3) is 0.0952. The van der Waals surface area contributed by atoms with Gasteiger partial charge in [0.05, 0.1) is 31.2 Å². The largest absolute Gasteiger partial charge is 0.496 e. The van der Waals surface area contributed by atoms with Crippen LogP contribution in [-0.2, 0) is 4.74 Å². The Bertz CT molecular complexity index is 1220. The van der Waals surface area contributed by atoms with Crippen molar-refractivity contribution in [3.8, 4) is 28.3 Å². The molecule has 0 saturated carbocycles. The molecular weight excluding hydrogens is 358 g/mol. The first-order valence-corrected chi connectivity index (χ1v) is 8.55. The van der Waals surface area contributed by atoms with E-state index in [2.05, 4.69) is 10.1 Å². The molecule has 4 rings (SSSR count). The third-order valence-corrected chi connectivity index (χ3v) is 4.45. The number of rotatable bonds is 4. The first-order valence-electron chi connectivity index (χ1n) is 8.55. The van der Waals surface area contributed by atoms with Crippen molar-refractivity contribution in [3.63, 3.8) is 0 Å². The van der Waals surface area contributed by atoms with Crippen molar-refractivity contribution in [3.05, 3.63) is 76.6 Å². The maximum Gasteiger partial charge on any atom is 0.337 e. The molecule has 0 fully saturated rings. The summed E-state index contributed by atoms with van der Waals surface area (Å²) in [6.45, 7) is 0. The summed E-state index contributed by atoms with van der Waals surface area (Å²) >= 11 is 0. The maximum absolute atomic E-state index is 12.6. The van der Waals surface area contributed by atoms with E-state index in [-0.39, 0.29) is 5.56 Å². The van der Waals surface area contributed by atoms with Crippen molar-refractivity contribution in [1.82, 2.24) is 14.6 Å². The zero-order chi connectivity index (χ0) is 19.7. The number of para-hydroxylation sites is 1. The summed E-state index contributed by atoms with van der Waals surface area (Å²) in [6.07, 6.45) is 0. The van der Waals surface area contributed by atoms with E-state index in [9.17, 15) is 9.59 Å². The molecular formula is C21H17N3O4. The minimum absolute atomic E-state index is 0.238. The van der Waals surface area contributed by atoms with E-state index >= 15 is 0 Å². The van der Waals surface area contributed by atoms with Crippen LogP contribution in [0.3, 0.4) is 0 Å². The zero-order valence-corrected chi connectivity index (χ0v) is 15.3. The second-order valence-electron chi connectivity index (χ2n) is 6.11. The SMILES string of the molecule is COC(=O)c1ccc(-c2cc(=O)n3[nH]c(-c4ccccc4OC)cc3n2)cc1. The quantitative estimate of drug-likeness (QED) is 0.554. The van der Waals surface area contributed by atoms with Gasteiger partial charge in [-0.05, 0) is 24.3 Å². The Balaban J connectivity index is 1.79. The molecule has 0 aliphatic rings. The van der Waals surface area contributed by atoms with E-state index in [1.807, 2.05) is 24.3 Å². The lowest BCUT2D eigenvalue weighted by Crippen LogP contribution is -2.14. The van der Waals surface area contributed by atoms with Gasteiger partial charge in [-0.3, -0.25) is 9.89 Å². The summed E-state index contributed by atoms with van der Waals surface area (Å²) in [5, 5.41) is 3.07. The van der Waals surface area contributed by atoms with Crippen LogP contribution in [0.4, 0.5) is 0 Å². The minimum atomic E-state index is -0.415. The topological polar surface area (TPSA) is 85.7 Å². The lowest BCUT2D eigenvalue weighted by atomic mass is 10.1. The number of nitrogens with one attached hydrogen (secondary N) is 1. The van der Waals surface area contributed by atoms with Crippen LogP contribution in [0.5, 0.6) is 5.75 Å². The molecule has 2 heterocycles. The van der Waals surface area contributed by atoms with Crippen molar-refractivity contribution < 1.29 is 14.3 Å². The lowest BCUT2D eigenvalue weighted by molar-refractivity contribution is 0.0601. The molecule has 0 bridgehead atoms. The van der Waals surface area contributed by atoms with Gasteiger partial charge in [-0.15, -0.1) is 0 Å². The summed E-state index contributed by atoms with van der Waals surface area (Å²) in [7, 11) is 2.93. The first kappa shape index (κ1) is 17.5. The number of aromatic nitrogens is 3. The Morgan fingerprint density at radius 3 is 2.50 bits per heavy atom. The molecule has 2 aromatic heterocycles. The average molecular weight is 375 g/mol. The van der Waals surface area contributed by atoms with Crippen molar-refractivity contribution in [2.24, 2.45) is 0 Å². The normalized spacial score (nSPS) is 10.8. The number of esters is 1. The van der Waals surface area contributed by atoms with Crippen molar-refractivity contribution in [1.29, 1.82) is 0 Å². The van der Waals surface area contributed by atoms with Crippen molar-refractivity contribution in [2.75, 3.05) is 14.2 Å². The third kappa shape index (κ3) is 3.03. The van der Waals surface area contributed by atoms with E-state index in [1.165, 1.54) is 17.7 Å². The summed E-state index contributed by atoms with van der Waals surface area (Å²) in [5.74, 6) is 0.280. The Morgan fingerprint density at radius 1 is 1.04 bits per heavy atom. The monoisotopic (exact) mass is 375 g/mol. The number of H-pyrrole nitrogens is 1. The van der Waals surface area contributed by atoms with E-state index < -0.39 is 5.97 Å². The molecule has 7 heteroatoms. The molecule has 28 heavy (non-hydrogen) atoms. The molecule has 0 unspecified atom stereocenters. The molecule has 4 aromatic rings. The highest BCUT2D eigenvalue weighted by Gasteiger charge is 2.12. The minimum Gasteiger partial charge on any atom is -0.496 e. The van der Waals surface area contributed by atoms with Gasteiger partial charge in [-0.2, -0.15) is 0 Å². The van der Waals surface area contributed by atoms with Crippen LogP contribution in [0.25, 0.3) is 28.2 Å². The number of carbonyl (C=O) groups excluding carboxylic acids is 1. The number of hydrogen-bond acceptors (Lipinski definition) is 5.